The monoisotopic (exact) mass is 158 g/mol. The third-order valence-corrected chi connectivity index (χ3v) is 3.65. The molecule has 0 aromatic carbocycles. The minimum atomic E-state index is 0.797. The van der Waals surface area contributed by atoms with E-state index in [1.54, 1.807) is 0 Å². The highest BCUT2D eigenvalue weighted by atomic mass is 32.2. The lowest BCUT2D eigenvalue weighted by molar-refractivity contribution is 0.332. The van der Waals surface area contributed by atoms with Gasteiger partial charge in [0.15, 0.2) is 0 Å². The summed E-state index contributed by atoms with van der Waals surface area (Å²) in [5.74, 6) is 3.39. The van der Waals surface area contributed by atoms with Crippen LogP contribution in [0.5, 0.6) is 0 Å². The molecule has 2 rings (SSSR count). The summed E-state index contributed by atoms with van der Waals surface area (Å²) in [6, 6.07) is 0.874. The second-order valence-electron chi connectivity index (χ2n) is 3.26. The Morgan fingerprint density at radius 2 is 2.50 bits per heavy atom. The zero-order valence-electron chi connectivity index (χ0n) is 6.12. The Labute approximate surface area is 66.1 Å². The van der Waals surface area contributed by atoms with E-state index in [4.69, 9.17) is 5.73 Å². The third-order valence-electron chi connectivity index (χ3n) is 2.52. The van der Waals surface area contributed by atoms with Gasteiger partial charge in [0.2, 0.25) is 0 Å². The van der Waals surface area contributed by atoms with Crippen molar-refractivity contribution in [3.05, 3.63) is 0 Å². The van der Waals surface area contributed by atoms with Crippen molar-refractivity contribution in [2.45, 2.75) is 12.5 Å². The van der Waals surface area contributed by atoms with Crippen LogP contribution in [0.3, 0.4) is 0 Å². The fourth-order valence-electron chi connectivity index (χ4n) is 1.90. The van der Waals surface area contributed by atoms with Crippen LogP contribution in [0.25, 0.3) is 0 Å². The van der Waals surface area contributed by atoms with E-state index in [1.165, 1.54) is 24.6 Å². The first kappa shape index (κ1) is 6.95. The van der Waals surface area contributed by atoms with E-state index in [0.717, 1.165) is 18.5 Å². The normalized spacial score (nSPS) is 40.5. The lowest BCUT2D eigenvalue weighted by atomic mass is 10.1. The van der Waals surface area contributed by atoms with E-state index in [9.17, 15) is 0 Å². The fraction of sp³-hybridized carbons (Fsp3) is 1.00. The Hall–Kier alpha value is 0.270. The Morgan fingerprint density at radius 1 is 1.60 bits per heavy atom. The van der Waals surface area contributed by atoms with Crippen LogP contribution in [0.2, 0.25) is 0 Å². The molecule has 58 valence electrons. The smallest absolute Gasteiger partial charge is 0.0448 e. The minimum absolute atomic E-state index is 0.797. The van der Waals surface area contributed by atoms with Crippen molar-refractivity contribution in [2.24, 2.45) is 11.7 Å². The van der Waals surface area contributed by atoms with Gasteiger partial charge in [-0.05, 0) is 18.9 Å². The predicted molar refractivity (Wildman–Crippen MR) is 45.0 cm³/mol. The molecule has 0 radical (unpaired) electrons. The van der Waals surface area contributed by atoms with Crippen molar-refractivity contribution in [3.63, 3.8) is 0 Å². The summed E-state index contributed by atoms with van der Waals surface area (Å²) in [7, 11) is 0. The molecule has 0 aromatic heterocycles. The molecule has 0 spiro atoms. The van der Waals surface area contributed by atoms with Gasteiger partial charge in [-0.15, -0.1) is 11.8 Å². The average molecular weight is 158 g/mol. The maximum Gasteiger partial charge on any atom is 0.0448 e. The Bertz CT molecular complexity index is 117. The molecule has 2 aliphatic rings. The van der Waals surface area contributed by atoms with E-state index in [-0.39, 0.29) is 0 Å². The summed E-state index contributed by atoms with van der Waals surface area (Å²) < 4.78 is 0. The molecule has 0 amide bonds. The van der Waals surface area contributed by atoms with Gasteiger partial charge in [-0.25, -0.2) is 0 Å². The van der Waals surface area contributed by atoms with Crippen LogP contribution < -0.4 is 5.73 Å². The van der Waals surface area contributed by atoms with Crippen LogP contribution in [0.15, 0.2) is 0 Å². The first-order chi connectivity index (χ1) is 4.90. The summed E-state index contributed by atoms with van der Waals surface area (Å²) in [4.78, 5) is 2.57. The number of rotatable bonds is 1. The van der Waals surface area contributed by atoms with Crippen LogP contribution in [0, 0.1) is 5.92 Å². The van der Waals surface area contributed by atoms with Gasteiger partial charge in [-0.3, -0.25) is 4.90 Å². The molecule has 2 atom stereocenters. The van der Waals surface area contributed by atoms with Gasteiger partial charge in [-0.1, -0.05) is 0 Å². The van der Waals surface area contributed by atoms with E-state index in [1.807, 2.05) is 0 Å². The van der Waals surface area contributed by atoms with Crippen molar-refractivity contribution < 1.29 is 0 Å². The molecule has 2 N–H and O–H groups in total. The molecular formula is C7H14N2S. The van der Waals surface area contributed by atoms with Gasteiger partial charge < -0.3 is 5.73 Å². The molecule has 0 bridgehead atoms. The van der Waals surface area contributed by atoms with Gasteiger partial charge >= 0.3 is 0 Å². The second-order valence-corrected chi connectivity index (χ2v) is 4.26. The van der Waals surface area contributed by atoms with Gasteiger partial charge in [0, 0.05) is 24.2 Å². The summed E-state index contributed by atoms with van der Waals surface area (Å²) in [6.07, 6.45) is 1.35. The number of nitrogens with two attached hydrogens (primary N) is 1. The molecule has 3 heteroatoms. The summed E-state index contributed by atoms with van der Waals surface area (Å²) >= 11 is 2.06. The zero-order chi connectivity index (χ0) is 6.97. The standard InChI is InChI=1S/C7H14N2S/c8-2-6-1-7-4-10-5-9(7)3-6/h6-7H,1-5,8H2/t6-,7+/m0/s1. The van der Waals surface area contributed by atoms with Crippen LogP contribution in [0.4, 0.5) is 0 Å². The molecule has 0 saturated carbocycles. The number of hydrogen-bond acceptors (Lipinski definition) is 3. The third kappa shape index (κ3) is 1.06. The number of thioether (sulfide) groups is 1. The second kappa shape index (κ2) is 2.72. The average Bonchev–Trinajstić information content (AvgIpc) is 2.42. The van der Waals surface area contributed by atoms with Crippen LogP contribution in [-0.4, -0.2) is 35.7 Å². The summed E-state index contributed by atoms with van der Waals surface area (Å²) in [6.45, 7) is 2.14. The van der Waals surface area contributed by atoms with E-state index in [0.29, 0.717) is 0 Å². The number of nitrogens with zero attached hydrogens (tertiary/aromatic N) is 1. The van der Waals surface area contributed by atoms with Gasteiger partial charge in [0.25, 0.3) is 0 Å². The Balaban J connectivity index is 1.94. The maximum atomic E-state index is 5.60. The molecule has 2 aliphatic heterocycles. The minimum Gasteiger partial charge on any atom is -0.330 e. The molecule has 0 unspecified atom stereocenters. The van der Waals surface area contributed by atoms with Crippen LogP contribution in [0.1, 0.15) is 6.42 Å². The quantitative estimate of drug-likeness (QED) is 0.596. The zero-order valence-corrected chi connectivity index (χ0v) is 6.94. The summed E-state index contributed by atoms with van der Waals surface area (Å²) in [5.41, 5.74) is 5.60. The highest BCUT2D eigenvalue weighted by Gasteiger charge is 2.34. The SMILES string of the molecule is NC[C@@H]1C[C@@H]2CSCN2C1. The molecule has 2 nitrogen and oxygen atoms in total. The first-order valence-corrected chi connectivity index (χ1v) is 5.07. The van der Waals surface area contributed by atoms with Crippen LogP contribution in [-0.2, 0) is 0 Å². The van der Waals surface area contributed by atoms with Crippen molar-refractivity contribution in [1.29, 1.82) is 0 Å². The van der Waals surface area contributed by atoms with E-state index in [2.05, 4.69) is 16.7 Å². The van der Waals surface area contributed by atoms with E-state index >= 15 is 0 Å². The Morgan fingerprint density at radius 3 is 3.20 bits per heavy atom. The molecule has 0 aromatic rings. The largest absolute Gasteiger partial charge is 0.330 e. The van der Waals surface area contributed by atoms with Gasteiger partial charge in [0.05, 0.1) is 0 Å². The highest BCUT2D eigenvalue weighted by Crippen LogP contribution is 2.31. The van der Waals surface area contributed by atoms with Gasteiger partial charge in [0.1, 0.15) is 0 Å². The molecular weight excluding hydrogens is 144 g/mol. The predicted octanol–water partition coefficient (Wildman–Crippen LogP) is 0.340. The van der Waals surface area contributed by atoms with Crippen LogP contribution >= 0.6 is 11.8 Å². The molecule has 2 fully saturated rings. The molecule has 10 heavy (non-hydrogen) atoms. The number of hydrogen-bond donors (Lipinski definition) is 1. The highest BCUT2D eigenvalue weighted by molar-refractivity contribution is 7.99. The maximum absolute atomic E-state index is 5.60. The number of fused-ring (bicyclic) bond motifs is 1. The summed E-state index contributed by atoms with van der Waals surface area (Å²) in [5, 5.41) is 0. The lowest BCUT2D eigenvalue weighted by Gasteiger charge is -2.11. The Kier molecular flexibility index (Phi) is 1.89. The van der Waals surface area contributed by atoms with Crippen molar-refractivity contribution in [1.82, 2.24) is 4.90 Å². The van der Waals surface area contributed by atoms with Crippen molar-refractivity contribution >= 4 is 11.8 Å². The fourth-order valence-corrected chi connectivity index (χ4v) is 3.17. The topological polar surface area (TPSA) is 29.3 Å². The molecule has 2 heterocycles. The molecule has 0 aliphatic carbocycles. The van der Waals surface area contributed by atoms with Crippen molar-refractivity contribution in [3.8, 4) is 0 Å². The van der Waals surface area contributed by atoms with Gasteiger partial charge in [-0.2, -0.15) is 0 Å². The lowest BCUT2D eigenvalue weighted by Crippen LogP contribution is -2.24. The van der Waals surface area contributed by atoms with Crippen molar-refractivity contribution in [2.75, 3.05) is 24.7 Å². The first-order valence-electron chi connectivity index (χ1n) is 3.92. The molecule has 2 saturated heterocycles. The van der Waals surface area contributed by atoms with E-state index < -0.39 is 0 Å².